The van der Waals surface area contributed by atoms with Crippen LogP contribution < -0.4 is 10.2 Å². The average Bonchev–Trinajstić information content (AvgIpc) is 3.63. The molecule has 47 heavy (non-hydrogen) atoms. The second-order valence-corrected chi connectivity index (χ2v) is 13.1. The molecule has 7 rings (SSSR count). The van der Waals surface area contributed by atoms with Gasteiger partial charge in [0.1, 0.15) is 22.8 Å². The lowest BCUT2D eigenvalue weighted by molar-refractivity contribution is 0.0495. The summed E-state index contributed by atoms with van der Waals surface area (Å²) >= 11 is 0. The summed E-state index contributed by atoms with van der Waals surface area (Å²) in [6.07, 6.45) is 1.89. The lowest BCUT2D eigenvalue weighted by atomic mass is 9.93. The maximum absolute atomic E-state index is 15.6. The Morgan fingerprint density at radius 2 is 1.81 bits per heavy atom. The number of carbonyl (C=O) groups excluding carboxylic acids is 2. The summed E-state index contributed by atoms with van der Waals surface area (Å²) in [7, 11) is 1.71. The molecule has 2 amide bonds. The normalized spacial score (nSPS) is 16.6. The van der Waals surface area contributed by atoms with Crippen molar-refractivity contribution in [3.8, 4) is 22.6 Å². The van der Waals surface area contributed by atoms with E-state index in [0.717, 1.165) is 12.0 Å². The highest BCUT2D eigenvalue weighted by Crippen LogP contribution is 2.33. The summed E-state index contributed by atoms with van der Waals surface area (Å²) < 4.78 is 22.5. The number of rotatable bonds is 5. The van der Waals surface area contributed by atoms with Gasteiger partial charge < -0.3 is 19.9 Å². The number of nitrogens with one attached hydrogen (secondary N) is 1. The summed E-state index contributed by atoms with van der Waals surface area (Å²) in [5.74, 6) is -0.653. The number of anilines is 1. The minimum atomic E-state index is -0.578. The van der Waals surface area contributed by atoms with Gasteiger partial charge in [-0.15, -0.1) is 0 Å². The molecule has 12 nitrogen and oxygen atoms in total. The Balaban J connectivity index is 1.16. The molecule has 1 N–H and O–H groups in total. The van der Waals surface area contributed by atoms with Gasteiger partial charge >= 0.3 is 6.09 Å². The fourth-order valence-corrected chi connectivity index (χ4v) is 6.22. The number of halogens is 1. The minimum absolute atomic E-state index is 0.0869. The number of aryl methyl sites for hydroxylation is 1. The molecule has 1 atom stereocenters. The molecule has 2 aliphatic rings. The van der Waals surface area contributed by atoms with Gasteiger partial charge in [0.2, 0.25) is 0 Å². The standard InChI is InChI=1S/C34H36FN9O3/c1-20-24-9-7-6-8-21(24)12-13-43(20)32(45)28-15-30(29-17-36-41(5)39-29)44-31(38-28)16-27(40-44)25-11-10-23(14-26(25)35)42-18-22(19-42)37-33(46)47-34(2,3)4/h6-11,14-17,20,22H,12-13,18-19H2,1-5H3,(H,37,46)/t20-/m1/s1. The zero-order valence-electron chi connectivity index (χ0n) is 26.9. The molecule has 1 saturated heterocycles. The Hall–Kier alpha value is -5.33. The van der Waals surface area contributed by atoms with Crippen molar-refractivity contribution < 1.29 is 18.7 Å². The van der Waals surface area contributed by atoms with E-state index in [1.807, 2.05) is 55.7 Å². The van der Waals surface area contributed by atoms with Crippen LogP contribution in [0.3, 0.4) is 0 Å². The van der Waals surface area contributed by atoms with Crippen molar-refractivity contribution >= 4 is 23.3 Å². The van der Waals surface area contributed by atoms with Gasteiger partial charge in [0.05, 0.1) is 29.7 Å². The van der Waals surface area contributed by atoms with Gasteiger partial charge in [-0.25, -0.2) is 18.7 Å². The second kappa shape index (κ2) is 11.5. The lowest BCUT2D eigenvalue weighted by Gasteiger charge is -2.41. The molecular formula is C34H36FN9O3. The number of hydrogen-bond donors (Lipinski definition) is 1. The zero-order chi connectivity index (χ0) is 33.0. The Morgan fingerprint density at radius 1 is 1.02 bits per heavy atom. The minimum Gasteiger partial charge on any atom is -0.444 e. The molecule has 2 aliphatic heterocycles. The number of benzene rings is 2. The SMILES string of the molecule is C[C@@H]1c2ccccc2CCN1C(=O)c1cc(-c2cnn(C)n2)n2nc(-c3ccc(N4CC(NC(=O)OC(C)(C)C)C4)cc3F)cc2n1. The molecule has 2 aromatic carbocycles. The molecule has 13 heteroatoms. The predicted octanol–water partition coefficient (Wildman–Crippen LogP) is 4.80. The van der Waals surface area contributed by atoms with Crippen LogP contribution in [-0.2, 0) is 18.2 Å². The molecule has 0 bridgehead atoms. The Labute approximate surface area is 271 Å². The number of aromatic nitrogens is 6. The molecule has 0 unspecified atom stereocenters. The van der Waals surface area contributed by atoms with Crippen LogP contribution in [0.25, 0.3) is 28.3 Å². The van der Waals surface area contributed by atoms with Crippen LogP contribution in [0, 0.1) is 5.82 Å². The fraction of sp³-hybridized carbons (Fsp3) is 0.353. The van der Waals surface area contributed by atoms with E-state index in [1.165, 1.54) is 16.4 Å². The van der Waals surface area contributed by atoms with Crippen LogP contribution in [0.5, 0.6) is 0 Å². The van der Waals surface area contributed by atoms with Gasteiger partial charge in [-0.1, -0.05) is 24.3 Å². The Morgan fingerprint density at radius 3 is 2.53 bits per heavy atom. The zero-order valence-corrected chi connectivity index (χ0v) is 26.9. The van der Waals surface area contributed by atoms with E-state index in [1.54, 1.807) is 36.0 Å². The van der Waals surface area contributed by atoms with Gasteiger partial charge in [-0.2, -0.15) is 20.1 Å². The van der Waals surface area contributed by atoms with Crippen LogP contribution in [0.1, 0.15) is 55.4 Å². The van der Waals surface area contributed by atoms with Crippen molar-refractivity contribution in [1.29, 1.82) is 0 Å². The van der Waals surface area contributed by atoms with Gasteiger partial charge in [0.25, 0.3) is 5.91 Å². The smallest absolute Gasteiger partial charge is 0.407 e. The third kappa shape index (κ3) is 5.88. The topological polar surface area (TPSA) is 123 Å². The van der Waals surface area contributed by atoms with Crippen molar-refractivity contribution in [3.63, 3.8) is 0 Å². The van der Waals surface area contributed by atoms with Crippen molar-refractivity contribution in [2.75, 3.05) is 24.5 Å². The van der Waals surface area contributed by atoms with E-state index in [4.69, 9.17) is 14.8 Å². The Kier molecular flexibility index (Phi) is 7.41. The molecule has 1 fully saturated rings. The maximum Gasteiger partial charge on any atom is 0.407 e. The summed E-state index contributed by atoms with van der Waals surface area (Å²) in [4.78, 5) is 36.0. The quantitative estimate of drug-likeness (QED) is 0.292. The predicted molar refractivity (Wildman–Crippen MR) is 173 cm³/mol. The van der Waals surface area contributed by atoms with E-state index >= 15 is 4.39 Å². The first-order chi connectivity index (χ1) is 22.4. The fourth-order valence-electron chi connectivity index (χ4n) is 6.22. The number of hydrogen-bond acceptors (Lipinski definition) is 8. The third-order valence-electron chi connectivity index (χ3n) is 8.56. The van der Waals surface area contributed by atoms with E-state index in [2.05, 4.69) is 27.6 Å². The highest BCUT2D eigenvalue weighted by molar-refractivity contribution is 5.94. The highest BCUT2D eigenvalue weighted by Gasteiger charge is 2.32. The first kappa shape index (κ1) is 30.3. The number of nitrogens with zero attached hydrogens (tertiary/aromatic N) is 8. The Bertz CT molecular complexity index is 2010. The van der Waals surface area contributed by atoms with Gasteiger partial charge in [0.15, 0.2) is 5.65 Å². The van der Waals surface area contributed by atoms with Crippen molar-refractivity contribution in [2.24, 2.45) is 7.05 Å². The van der Waals surface area contributed by atoms with Gasteiger partial charge in [-0.05, 0) is 69.5 Å². The first-order valence-corrected chi connectivity index (χ1v) is 15.6. The average molecular weight is 638 g/mol. The van der Waals surface area contributed by atoms with Gasteiger partial charge in [0, 0.05) is 44.0 Å². The van der Waals surface area contributed by atoms with Crippen LogP contribution in [0.15, 0.2) is 60.8 Å². The molecule has 0 aliphatic carbocycles. The number of ether oxygens (including phenoxy) is 1. The van der Waals surface area contributed by atoms with Crippen LogP contribution in [0.4, 0.5) is 14.9 Å². The largest absolute Gasteiger partial charge is 0.444 e. The molecule has 3 aromatic heterocycles. The van der Waals surface area contributed by atoms with Crippen molar-refractivity contribution in [2.45, 2.75) is 51.8 Å². The molecule has 0 saturated carbocycles. The van der Waals surface area contributed by atoms with Crippen LogP contribution in [-0.4, -0.2) is 77.8 Å². The summed E-state index contributed by atoms with van der Waals surface area (Å²) in [5.41, 5.74) is 4.80. The second-order valence-electron chi connectivity index (χ2n) is 13.1. The number of alkyl carbamates (subject to hydrolysis) is 1. The molecule has 0 spiro atoms. The molecular weight excluding hydrogens is 601 g/mol. The molecule has 5 aromatic rings. The molecule has 5 heterocycles. The van der Waals surface area contributed by atoms with Crippen molar-refractivity contribution in [3.05, 3.63) is 83.4 Å². The first-order valence-electron chi connectivity index (χ1n) is 15.6. The summed E-state index contributed by atoms with van der Waals surface area (Å²) in [6.45, 7) is 9.11. The van der Waals surface area contributed by atoms with E-state index in [9.17, 15) is 9.59 Å². The van der Waals surface area contributed by atoms with E-state index in [-0.39, 0.29) is 23.7 Å². The van der Waals surface area contributed by atoms with E-state index < -0.39 is 17.5 Å². The summed E-state index contributed by atoms with van der Waals surface area (Å²) in [6, 6.07) is 16.3. The van der Waals surface area contributed by atoms with E-state index in [0.29, 0.717) is 53.6 Å². The number of amides is 2. The van der Waals surface area contributed by atoms with Crippen molar-refractivity contribution in [1.82, 2.24) is 39.8 Å². The number of carbonyl (C=O) groups is 2. The van der Waals surface area contributed by atoms with Crippen LogP contribution >= 0.6 is 0 Å². The third-order valence-corrected chi connectivity index (χ3v) is 8.56. The molecule has 242 valence electrons. The van der Waals surface area contributed by atoms with Crippen LogP contribution in [0.2, 0.25) is 0 Å². The monoisotopic (exact) mass is 637 g/mol. The lowest BCUT2D eigenvalue weighted by Crippen LogP contribution is -2.60. The van der Waals surface area contributed by atoms with Gasteiger partial charge in [-0.3, -0.25) is 4.79 Å². The highest BCUT2D eigenvalue weighted by atomic mass is 19.1. The molecule has 0 radical (unpaired) electrons. The summed E-state index contributed by atoms with van der Waals surface area (Å²) in [5, 5.41) is 16.2. The maximum atomic E-state index is 15.6. The number of fused-ring (bicyclic) bond motifs is 2.